The van der Waals surface area contributed by atoms with Crippen LogP contribution in [0.1, 0.15) is 96.0 Å². The Morgan fingerprint density at radius 3 is 2.52 bits per heavy atom. The lowest BCUT2D eigenvalue weighted by Crippen LogP contribution is -2.51. The number of Topliss-reactive ketones (excluding diaryl/α,β-unsaturated/α-hetero) is 1. The minimum Gasteiger partial charge on any atom is -0.393 e. The molecule has 3 heterocycles. The predicted octanol–water partition coefficient (Wildman–Crippen LogP) is 5.62. The molecular weight excluding hydrogens is 701 g/mol. The monoisotopic (exact) mass is 756 g/mol. The largest absolute Gasteiger partial charge is 0.393 e. The third-order valence-corrected chi connectivity index (χ3v) is 11.8. The molecule has 6 atom stereocenters. The van der Waals surface area contributed by atoms with Crippen molar-refractivity contribution in [3.05, 3.63) is 65.1 Å². The smallest absolute Gasteiger partial charge is 0.224 e. The summed E-state index contributed by atoms with van der Waals surface area (Å²) in [6, 6.07) is 11.8. The minimum absolute atomic E-state index is 0.00799. The molecular formula is C41H56N8O4S. The van der Waals surface area contributed by atoms with E-state index in [1.54, 1.807) is 17.5 Å². The van der Waals surface area contributed by atoms with Crippen LogP contribution in [0.15, 0.2) is 48.1 Å². The fraction of sp³-hybridized carbons (Fsp3) is 0.561. The highest BCUT2D eigenvalue weighted by Gasteiger charge is 2.46. The van der Waals surface area contributed by atoms with Crippen molar-refractivity contribution in [3.63, 3.8) is 0 Å². The van der Waals surface area contributed by atoms with E-state index in [1.165, 1.54) is 0 Å². The number of aromatic nitrogens is 4. The Labute approximate surface area is 322 Å². The highest BCUT2D eigenvalue weighted by molar-refractivity contribution is 7.13. The Hall–Kier alpha value is -4.20. The van der Waals surface area contributed by atoms with E-state index in [4.69, 9.17) is 4.98 Å². The molecule has 54 heavy (non-hydrogen) atoms. The van der Waals surface area contributed by atoms with E-state index < -0.39 is 29.4 Å². The van der Waals surface area contributed by atoms with E-state index in [2.05, 4.69) is 44.3 Å². The van der Waals surface area contributed by atoms with E-state index in [0.29, 0.717) is 25.9 Å². The number of carbonyl (C=O) groups is 3. The zero-order valence-electron chi connectivity index (χ0n) is 32.2. The summed E-state index contributed by atoms with van der Waals surface area (Å²) in [6.45, 7) is 11.0. The molecule has 5 N–H and O–H groups in total. The molecule has 0 aliphatic heterocycles. The maximum absolute atomic E-state index is 14.1. The van der Waals surface area contributed by atoms with Gasteiger partial charge in [-0.3, -0.25) is 14.4 Å². The van der Waals surface area contributed by atoms with Crippen molar-refractivity contribution >= 4 is 40.4 Å². The first-order valence-electron chi connectivity index (χ1n) is 19.5. The molecule has 290 valence electrons. The molecule has 3 aromatic heterocycles. The lowest BCUT2D eigenvalue weighted by Gasteiger charge is -2.33. The number of rotatable bonds is 16. The first kappa shape index (κ1) is 39.5. The lowest BCUT2D eigenvalue weighted by molar-refractivity contribution is -0.135. The van der Waals surface area contributed by atoms with Crippen LogP contribution in [0.4, 0.5) is 5.82 Å². The summed E-state index contributed by atoms with van der Waals surface area (Å²) >= 11 is 1.60. The normalized spacial score (nSPS) is 22.0. The Morgan fingerprint density at radius 1 is 1.04 bits per heavy atom. The van der Waals surface area contributed by atoms with Crippen LogP contribution < -0.4 is 21.3 Å². The number of aliphatic hydroxyl groups is 1. The highest BCUT2D eigenvalue weighted by atomic mass is 32.1. The van der Waals surface area contributed by atoms with Crippen molar-refractivity contribution in [2.24, 2.45) is 17.3 Å². The molecule has 2 aliphatic rings. The molecule has 0 radical (unpaired) electrons. The van der Waals surface area contributed by atoms with Crippen LogP contribution in [0.2, 0.25) is 0 Å². The summed E-state index contributed by atoms with van der Waals surface area (Å²) in [4.78, 5) is 50.7. The quantitative estimate of drug-likeness (QED) is 0.0914. The van der Waals surface area contributed by atoms with Crippen LogP contribution in [0.5, 0.6) is 0 Å². The number of hydrogen-bond donors (Lipinski definition) is 5. The number of aryl methyl sites for hydroxylation is 2. The van der Waals surface area contributed by atoms with Gasteiger partial charge in [0.05, 0.1) is 40.3 Å². The molecule has 12 nitrogen and oxygen atoms in total. The topological polar surface area (TPSA) is 163 Å². The van der Waals surface area contributed by atoms with Gasteiger partial charge in [0.1, 0.15) is 5.82 Å². The van der Waals surface area contributed by atoms with Crippen LogP contribution in [0.3, 0.4) is 0 Å². The average molecular weight is 757 g/mol. The number of hydrogen-bond acceptors (Lipinski definition) is 10. The first-order chi connectivity index (χ1) is 25.9. The minimum atomic E-state index is -0.707. The second-order valence-corrected chi connectivity index (χ2v) is 17.0. The first-order valence-corrected chi connectivity index (χ1v) is 20.4. The molecule has 2 fully saturated rings. The van der Waals surface area contributed by atoms with Gasteiger partial charge in [-0.05, 0) is 75.0 Å². The molecule has 6 rings (SSSR count). The van der Waals surface area contributed by atoms with Crippen molar-refractivity contribution in [3.8, 4) is 10.4 Å². The number of nitrogens with zero attached hydrogens (tertiary/aromatic N) is 4. The molecule has 0 bridgehead atoms. The molecule has 2 amide bonds. The van der Waals surface area contributed by atoms with Gasteiger partial charge >= 0.3 is 0 Å². The van der Waals surface area contributed by atoms with Gasteiger partial charge in [0.2, 0.25) is 11.8 Å². The molecule has 2 aliphatic carbocycles. The Balaban J connectivity index is 0.958. The van der Waals surface area contributed by atoms with Crippen molar-refractivity contribution in [2.75, 3.05) is 11.9 Å². The summed E-state index contributed by atoms with van der Waals surface area (Å²) < 4.78 is 1.84. The molecule has 1 aromatic carbocycles. The highest BCUT2D eigenvalue weighted by Crippen LogP contribution is 2.37. The SMILES string of the molecule is CCCc1cc(N[C@@H]2CC[C@@H](NC(=O)CCCN[C@H](C(=O)C3C[C@H](O)C[C@H]3C(=O)NCc3ccc(-c4scnc4C)cc3)C(C)(C)C)C2)n2nccc2n1. The molecule has 2 saturated carbocycles. The van der Waals surface area contributed by atoms with E-state index in [9.17, 15) is 19.5 Å². The summed E-state index contributed by atoms with van der Waals surface area (Å²) in [6.07, 6.45) is 7.12. The zero-order chi connectivity index (χ0) is 38.4. The average Bonchev–Trinajstić information content (AvgIpc) is 3.95. The maximum atomic E-state index is 14.1. The van der Waals surface area contributed by atoms with Gasteiger partial charge in [-0.15, -0.1) is 11.3 Å². The van der Waals surface area contributed by atoms with E-state index in [0.717, 1.165) is 71.0 Å². The number of aliphatic hydroxyl groups excluding tert-OH is 1. The number of fused-ring (bicyclic) bond motifs is 1. The van der Waals surface area contributed by atoms with Crippen LogP contribution >= 0.6 is 11.3 Å². The number of benzene rings is 1. The van der Waals surface area contributed by atoms with E-state index >= 15 is 0 Å². The van der Waals surface area contributed by atoms with Gasteiger partial charge in [-0.2, -0.15) is 9.61 Å². The van der Waals surface area contributed by atoms with Crippen LogP contribution in [-0.4, -0.2) is 73.1 Å². The standard InChI is InChI=1S/C41H56N8O4S/c1-6-8-28-20-35(49-34(46-28)16-18-45-49)47-29-14-15-30(19-29)48-36(51)9-7-17-42-39(41(3,4)5)37(52)32-21-31(50)22-33(32)40(53)43-23-26-10-12-27(13-11-26)38-25(2)44-24-54-38/h10-13,16,18,20,24,29-33,39,42,47,50H,6-9,14-15,17,19,21-23H2,1-5H3,(H,43,53)(H,48,51)/t29-,30-,31+,32?,33-,39-/m1/s1. The van der Waals surface area contributed by atoms with Crippen molar-refractivity contribution < 1.29 is 19.5 Å². The molecule has 0 spiro atoms. The Morgan fingerprint density at radius 2 is 1.80 bits per heavy atom. The summed E-state index contributed by atoms with van der Waals surface area (Å²) in [5, 5.41) is 28.4. The van der Waals surface area contributed by atoms with Crippen molar-refractivity contribution in [1.29, 1.82) is 0 Å². The Kier molecular flexibility index (Phi) is 12.8. The third kappa shape index (κ3) is 9.72. The second kappa shape index (κ2) is 17.5. The van der Waals surface area contributed by atoms with Gasteiger partial charge in [0, 0.05) is 48.8 Å². The number of anilines is 1. The fourth-order valence-corrected chi connectivity index (χ4v) is 8.85. The van der Waals surface area contributed by atoms with Crippen LogP contribution in [0, 0.1) is 24.2 Å². The Bertz CT molecular complexity index is 1900. The fourth-order valence-electron chi connectivity index (χ4n) is 8.04. The number of thiazole rings is 1. The summed E-state index contributed by atoms with van der Waals surface area (Å²) in [5.74, 6) is -0.513. The molecule has 1 unspecified atom stereocenters. The number of nitrogens with one attached hydrogen (secondary N) is 4. The second-order valence-electron chi connectivity index (χ2n) is 16.2. The maximum Gasteiger partial charge on any atom is 0.224 e. The predicted molar refractivity (Wildman–Crippen MR) is 212 cm³/mol. The van der Waals surface area contributed by atoms with E-state index in [1.807, 2.05) is 68.1 Å². The van der Waals surface area contributed by atoms with Gasteiger partial charge in [-0.1, -0.05) is 58.4 Å². The number of carbonyl (C=O) groups excluding carboxylic acids is 3. The van der Waals surface area contributed by atoms with Crippen molar-refractivity contribution in [2.45, 2.75) is 123 Å². The summed E-state index contributed by atoms with van der Waals surface area (Å²) in [5.41, 5.74) is 6.33. The van der Waals surface area contributed by atoms with Crippen molar-refractivity contribution in [1.82, 2.24) is 35.5 Å². The lowest BCUT2D eigenvalue weighted by atomic mass is 9.77. The zero-order valence-corrected chi connectivity index (χ0v) is 33.0. The third-order valence-electron chi connectivity index (χ3n) is 10.8. The van der Waals surface area contributed by atoms with Gasteiger partial charge in [-0.25, -0.2) is 9.97 Å². The van der Waals surface area contributed by atoms with Gasteiger partial charge in [0.15, 0.2) is 11.4 Å². The van der Waals surface area contributed by atoms with Gasteiger partial charge in [0.25, 0.3) is 0 Å². The van der Waals surface area contributed by atoms with E-state index in [-0.39, 0.29) is 42.5 Å². The summed E-state index contributed by atoms with van der Waals surface area (Å²) in [7, 11) is 0. The molecule has 4 aromatic rings. The molecule has 13 heteroatoms. The number of amides is 2. The van der Waals surface area contributed by atoms with Gasteiger partial charge < -0.3 is 26.4 Å². The van der Waals surface area contributed by atoms with Crippen LogP contribution in [-0.2, 0) is 27.3 Å². The molecule has 0 saturated heterocycles. The number of ketones is 1. The van der Waals surface area contributed by atoms with Crippen LogP contribution in [0.25, 0.3) is 16.1 Å².